The number of nitrogens with one attached hydrogen (secondary N) is 1. The summed E-state index contributed by atoms with van der Waals surface area (Å²) in [6.45, 7) is -0.281. The molecule has 0 radical (unpaired) electrons. The summed E-state index contributed by atoms with van der Waals surface area (Å²) in [4.78, 5) is 24.4. The summed E-state index contributed by atoms with van der Waals surface area (Å²) >= 11 is 0. The average Bonchev–Trinajstić information content (AvgIpc) is 2.74. The number of carbonyl (C=O) groups is 1. The van der Waals surface area contributed by atoms with Crippen LogP contribution in [0, 0.1) is 5.82 Å². The lowest BCUT2D eigenvalue weighted by Crippen LogP contribution is -2.33. The summed E-state index contributed by atoms with van der Waals surface area (Å²) in [5.41, 5.74) is 0.988. The third-order valence-electron chi connectivity index (χ3n) is 4.28. The van der Waals surface area contributed by atoms with E-state index in [1.54, 1.807) is 49.6 Å². The largest absolute Gasteiger partial charge is 0.497 e. The Bertz CT molecular complexity index is 1080. The van der Waals surface area contributed by atoms with E-state index < -0.39 is 17.3 Å². The lowest BCUT2D eigenvalue weighted by atomic mass is 10.1. The number of hydrogen-bond donors (Lipinski definition) is 1. The van der Waals surface area contributed by atoms with Crippen LogP contribution in [-0.2, 0) is 17.9 Å². The van der Waals surface area contributed by atoms with Crippen LogP contribution in [0.15, 0.2) is 59.4 Å². The van der Waals surface area contributed by atoms with Gasteiger partial charge in [-0.3, -0.25) is 9.59 Å². The molecule has 0 unspecified atom stereocenters. The molecule has 150 valence electrons. The number of hydrogen-bond acceptors (Lipinski definition) is 5. The van der Waals surface area contributed by atoms with Gasteiger partial charge >= 0.3 is 0 Å². The summed E-state index contributed by atoms with van der Waals surface area (Å²) in [6, 6.07) is 14.2. The molecule has 0 spiro atoms. The lowest BCUT2D eigenvalue weighted by Gasteiger charge is -2.12. The van der Waals surface area contributed by atoms with Crippen LogP contribution in [0.25, 0.3) is 11.3 Å². The molecule has 0 aliphatic rings. The number of methoxy groups -OCH3 is 2. The standard InChI is InChI=1S/C21H20FN3O4/c1-28-15-7-9-19(29-2)16(11-15)18-8-10-21(27)25(24-18)13-20(26)23-12-14-5-3-4-6-17(14)22/h3-11H,12-13H2,1-2H3,(H,23,26). The SMILES string of the molecule is COc1ccc(OC)c(-c2ccc(=O)n(CC(=O)NCc3ccccc3F)n2)c1. The fourth-order valence-electron chi connectivity index (χ4n) is 2.75. The first-order valence-corrected chi connectivity index (χ1v) is 8.82. The number of rotatable bonds is 7. The van der Waals surface area contributed by atoms with Crippen LogP contribution in [0.4, 0.5) is 4.39 Å². The van der Waals surface area contributed by atoms with Crippen molar-refractivity contribution >= 4 is 5.91 Å². The second-order valence-corrected chi connectivity index (χ2v) is 6.15. The quantitative estimate of drug-likeness (QED) is 0.662. The molecular formula is C21H20FN3O4. The zero-order valence-electron chi connectivity index (χ0n) is 16.0. The Labute approximate surface area is 166 Å². The maximum Gasteiger partial charge on any atom is 0.267 e. The van der Waals surface area contributed by atoms with E-state index in [0.717, 1.165) is 4.68 Å². The van der Waals surface area contributed by atoms with Crippen LogP contribution in [-0.4, -0.2) is 29.9 Å². The van der Waals surface area contributed by atoms with Crippen molar-refractivity contribution in [3.63, 3.8) is 0 Å². The van der Waals surface area contributed by atoms with E-state index in [2.05, 4.69) is 10.4 Å². The van der Waals surface area contributed by atoms with E-state index in [-0.39, 0.29) is 13.1 Å². The minimum Gasteiger partial charge on any atom is -0.497 e. The van der Waals surface area contributed by atoms with E-state index in [1.165, 1.54) is 19.2 Å². The summed E-state index contributed by atoms with van der Waals surface area (Å²) < 4.78 is 25.3. The molecule has 3 rings (SSSR count). The predicted molar refractivity (Wildman–Crippen MR) is 105 cm³/mol. The number of amides is 1. The van der Waals surface area contributed by atoms with Crippen LogP contribution >= 0.6 is 0 Å². The molecule has 1 N–H and O–H groups in total. The molecule has 0 aliphatic heterocycles. The summed E-state index contributed by atoms with van der Waals surface area (Å²) in [6.07, 6.45) is 0. The van der Waals surface area contributed by atoms with Crippen molar-refractivity contribution in [3.8, 4) is 22.8 Å². The Morgan fingerprint density at radius 2 is 1.90 bits per heavy atom. The van der Waals surface area contributed by atoms with E-state index in [1.807, 2.05) is 0 Å². The van der Waals surface area contributed by atoms with Crippen molar-refractivity contribution in [2.45, 2.75) is 13.1 Å². The van der Waals surface area contributed by atoms with E-state index >= 15 is 0 Å². The highest BCUT2D eigenvalue weighted by molar-refractivity contribution is 5.75. The third-order valence-corrected chi connectivity index (χ3v) is 4.28. The molecule has 0 saturated heterocycles. The smallest absolute Gasteiger partial charge is 0.267 e. The van der Waals surface area contributed by atoms with Crippen molar-refractivity contribution in [2.75, 3.05) is 14.2 Å². The van der Waals surface area contributed by atoms with Gasteiger partial charge in [0.25, 0.3) is 5.56 Å². The maximum absolute atomic E-state index is 13.7. The third kappa shape index (κ3) is 4.78. The maximum atomic E-state index is 13.7. The summed E-state index contributed by atoms with van der Waals surface area (Å²) in [7, 11) is 3.07. The van der Waals surface area contributed by atoms with Gasteiger partial charge in [0.2, 0.25) is 5.91 Å². The topological polar surface area (TPSA) is 82.5 Å². The monoisotopic (exact) mass is 397 g/mol. The highest BCUT2D eigenvalue weighted by atomic mass is 19.1. The van der Waals surface area contributed by atoms with Crippen molar-refractivity contribution < 1.29 is 18.7 Å². The molecule has 0 bridgehead atoms. The molecule has 8 heteroatoms. The Morgan fingerprint density at radius 3 is 2.62 bits per heavy atom. The first-order chi connectivity index (χ1) is 14.0. The minimum absolute atomic E-state index is 0.0175. The normalized spacial score (nSPS) is 10.4. The van der Waals surface area contributed by atoms with Crippen LogP contribution < -0.4 is 20.3 Å². The van der Waals surface area contributed by atoms with Crippen molar-refractivity contribution in [1.29, 1.82) is 0 Å². The van der Waals surface area contributed by atoms with E-state index in [0.29, 0.717) is 28.3 Å². The molecule has 0 aliphatic carbocycles. The first kappa shape index (κ1) is 20.1. The molecule has 7 nitrogen and oxygen atoms in total. The van der Waals surface area contributed by atoms with Gasteiger partial charge in [0.15, 0.2) is 0 Å². The molecule has 3 aromatic rings. The van der Waals surface area contributed by atoms with E-state index in [4.69, 9.17) is 9.47 Å². The van der Waals surface area contributed by atoms with Gasteiger partial charge in [0.05, 0.1) is 19.9 Å². The summed E-state index contributed by atoms with van der Waals surface area (Å²) in [5.74, 6) is 0.281. The molecule has 2 aromatic carbocycles. The lowest BCUT2D eigenvalue weighted by molar-refractivity contribution is -0.122. The van der Waals surface area contributed by atoms with Gasteiger partial charge in [-0.15, -0.1) is 0 Å². The Morgan fingerprint density at radius 1 is 1.10 bits per heavy atom. The van der Waals surface area contributed by atoms with Crippen LogP contribution in [0.3, 0.4) is 0 Å². The fraction of sp³-hybridized carbons (Fsp3) is 0.190. The molecule has 29 heavy (non-hydrogen) atoms. The number of nitrogens with zero attached hydrogens (tertiary/aromatic N) is 2. The highest BCUT2D eigenvalue weighted by Crippen LogP contribution is 2.31. The van der Waals surface area contributed by atoms with Crippen LogP contribution in [0.1, 0.15) is 5.56 Å². The second-order valence-electron chi connectivity index (χ2n) is 6.15. The van der Waals surface area contributed by atoms with Gasteiger partial charge in [-0.2, -0.15) is 5.10 Å². The van der Waals surface area contributed by atoms with Crippen LogP contribution in [0.5, 0.6) is 11.5 Å². The average molecular weight is 397 g/mol. The number of benzene rings is 2. The molecular weight excluding hydrogens is 377 g/mol. The van der Waals surface area contributed by atoms with Crippen molar-refractivity contribution in [1.82, 2.24) is 15.1 Å². The molecule has 0 fully saturated rings. The van der Waals surface area contributed by atoms with Crippen LogP contribution in [0.2, 0.25) is 0 Å². The highest BCUT2D eigenvalue weighted by Gasteiger charge is 2.13. The first-order valence-electron chi connectivity index (χ1n) is 8.82. The molecule has 0 saturated carbocycles. The van der Waals surface area contributed by atoms with Crippen molar-refractivity contribution in [2.24, 2.45) is 0 Å². The van der Waals surface area contributed by atoms with Crippen molar-refractivity contribution in [3.05, 3.63) is 76.3 Å². The summed E-state index contributed by atoms with van der Waals surface area (Å²) in [5, 5.41) is 6.86. The molecule has 1 heterocycles. The number of halogens is 1. The number of aromatic nitrogens is 2. The Hall–Kier alpha value is -3.68. The molecule has 1 amide bonds. The fourth-order valence-corrected chi connectivity index (χ4v) is 2.75. The van der Waals surface area contributed by atoms with E-state index in [9.17, 15) is 14.0 Å². The number of ether oxygens (including phenoxy) is 2. The van der Waals surface area contributed by atoms with Gasteiger partial charge in [-0.05, 0) is 30.3 Å². The predicted octanol–water partition coefficient (Wildman–Crippen LogP) is 2.38. The van der Waals surface area contributed by atoms with Gasteiger partial charge in [-0.25, -0.2) is 9.07 Å². The minimum atomic E-state index is -0.461. The zero-order chi connectivity index (χ0) is 20.8. The van der Waals surface area contributed by atoms with Gasteiger partial charge in [0, 0.05) is 23.7 Å². The number of carbonyl (C=O) groups excluding carboxylic acids is 1. The van der Waals surface area contributed by atoms with Gasteiger partial charge in [0.1, 0.15) is 23.9 Å². The molecule has 0 atom stereocenters. The van der Waals surface area contributed by atoms with Gasteiger partial charge < -0.3 is 14.8 Å². The Kier molecular flexibility index (Phi) is 6.23. The molecule has 1 aromatic heterocycles. The second kappa shape index (κ2) is 9.01. The Balaban J connectivity index is 1.80. The van der Waals surface area contributed by atoms with Gasteiger partial charge in [-0.1, -0.05) is 18.2 Å². The zero-order valence-corrected chi connectivity index (χ0v) is 16.0.